The molecule has 1 aromatic heterocycles. The first kappa shape index (κ1) is 19.2. The molecule has 2 saturated heterocycles. The number of aromatic nitrogens is 1. The molecule has 1 amide bonds. The number of hydrogen-bond donors (Lipinski definition) is 0. The maximum Gasteiger partial charge on any atom is 0.254 e. The highest BCUT2D eigenvalue weighted by Gasteiger charge is 2.48. The number of amides is 1. The van der Waals surface area contributed by atoms with E-state index in [-0.39, 0.29) is 22.9 Å². The van der Waals surface area contributed by atoms with Crippen LogP contribution < -0.4 is 0 Å². The largest absolute Gasteiger partial charge is 0.383 e. The molecule has 2 fully saturated rings. The van der Waals surface area contributed by atoms with Gasteiger partial charge in [0.15, 0.2) is 0 Å². The van der Waals surface area contributed by atoms with E-state index in [4.69, 9.17) is 4.74 Å². The minimum Gasteiger partial charge on any atom is -0.383 e. The Balaban J connectivity index is 1.69. The van der Waals surface area contributed by atoms with Gasteiger partial charge in [-0.1, -0.05) is 0 Å². The van der Waals surface area contributed by atoms with Gasteiger partial charge in [0, 0.05) is 50.6 Å². The van der Waals surface area contributed by atoms with Crippen molar-refractivity contribution in [2.24, 2.45) is 5.41 Å². The van der Waals surface area contributed by atoms with Crippen molar-refractivity contribution in [2.75, 3.05) is 39.6 Å². The first-order valence-electron chi connectivity index (χ1n) is 8.61. The third kappa shape index (κ3) is 3.89. The topological polar surface area (TPSA) is 79.8 Å². The van der Waals surface area contributed by atoms with Crippen LogP contribution >= 0.6 is 0 Å². The van der Waals surface area contributed by atoms with Crippen molar-refractivity contribution in [2.45, 2.75) is 25.3 Å². The molecule has 144 valence electrons. The predicted molar refractivity (Wildman–Crippen MR) is 93.6 cm³/mol. The summed E-state index contributed by atoms with van der Waals surface area (Å²) in [6.07, 6.45) is 4.69. The summed E-state index contributed by atoms with van der Waals surface area (Å²) in [5.41, 5.74) is 0.155. The second-order valence-electron chi connectivity index (χ2n) is 7.28. The molecule has 1 spiro atoms. The Labute approximate surface area is 153 Å². The van der Waals surface area contributed by atoms with Crippen molar-refractivity contribution in [1.29, 1.82) is 0 Å². The molecule has 1 unspecified atom stereocenters. The molecule has 9 heteroatoms. The van der Waals surface area contributed by atoms with Gasteiger partial charge in [-0.25, -0.2) is 13.4 Å². The average Bonchev–Trinajstić information content (AvgIpc) is 2.94. The number of nitrogens with zero attached hydrogens (tertiary/aromatic N) is 3. The molecule has 0 saturated carbocycles. The van der Waals surface area contributed by atoms with Crippen LogP contribution in [0.1, 0.15) is 29.6 Å². The fraction of sp³-hybridized carbons (Fsp3) is 0.647. The molecule has 1 atom stereocenters. The fourth-order valence-electron chi connectivity index (χ4n) is 4.11. The molecule has 0 bridgehead atoms. The van der Waals surface area contributed by atoms with E-state index in [1.807, 2.05) is 0 Å². The number of hydrogen-bond acceptors (Lipinski definition) is 5. The number of halogens is 1. The summed E-state index contributed by atoms with van der Waals surface area (Å²) in [5.74, 6) is -0.890. The summed E-state index contributed by atoms with van der Waals surface area (Å²) >= 11 is 0. The number of piperidine rings is 1. The van der Waals surface area contributed by atoms with Gasteiger partial charge in [0.1, 0.15) is 0 Å². The summed E-state index contributed by atoms with van der Waals surface area (Å²) in [6, 6.07) is 2.49. The summed E-state index contributed by atoms with van der Waals surface area (Å²) in [7, 11) is -1.73. The molecule has 0 radical (unpaired) electrons. The number of sulfonamides is 1. The van der Waals surface area contributed by atoms with Gasteiger partial charge in [-0.15, -0.1) is 0 Å². The second-order valence-corrected chi connectivity index (χ2v) is 9.22. The number of ether oxygens (including phenoxy) is 1. The minimum atomic E-state index is -3.30. The molecule has 2 aliphatic rings. The van der Waals surface area contributed by atoms with E-state index in [0.29, 0.717) is 26.2 Å². The van der Waals surface area contributed by atoms with Crippen LogP contribution in [0.15, 0.2) is 18.3 Å². The number of rotatable bonds is 4. The van der Waals surface area contributed by atoms with Gasteiger partial charge < -0.3 is 9.64 Å². The quantitative estimate of drug-likeness (QED) is 0.726. The molecule has 3 rings (SSSR count). The zero-order valence-electron chi connectivity index (χ0n) is 15.0. The Morgan fingerprint density at radius 2 is 2.12 bits per heavy atom. The lowest BCUT2D eigenvalue weighted by atomic mass is 9.76. The molecule has 26 heavy (non-hydrogen) atoms. The molecule has 0 aromatic carbocycles. The smallest absolute Gasteiger partial charge is 0.254 e. The van der Waals surface area contributed by atoms with Crippen LogP contribution in [-0.2, 0) is 14.8 Å². The molecular weight excluding hydrogens is 361 g/mol. The lowest BCUT2D eigenvalue weighted by Gasteiger charge is -2.39. The molecule has 2 aliphatic heterocycles. The van der Waals surface area contributed by atoms with Crippen LogP contribution in [0.4, 0.5) is 4.39 Å². The SMILES string of the molecule is COCC1CC2(CCN(C(=O)c3ccnc(F)c3)CC2)CN1S(C)(=O)=O. The number of pyridine rings is 1. The van der Waals surface area contributed by atoms with Gasteiger partial charge in [-0.3, -0.25) is 4.79 Å². The zero-order chi connectivity index (χ0) is 18.9. The van der Waals surface area contributed by atoms with Crippen LogP contribution in [0.25, 0.3) is 0 Å². The number of methoxy groups -OCH3 is 1. The lowest BCUT2D eigenvalue weighted by molar-refractivity contribution is 0.0594. The zero-order valence-corrected chi connectivity index (χ0v) is 15.8. The highest BCUT2D eigenvalue weighted by atomic mass is 32.2. The van der Waals surface area contributed by atoms with Gasteiger partial charge in [-0.05, 0) is 30.7 Å². The molecule has 0 aliphatic carbocycles. The van der Waals surface area contributed by atoms with Gasteiger partial charge in [0.05, 0.1) is 12.9 Å². The summed E-state index contributed by atoms with van der Waals surface area (Å²) in [4.78, 5) is 17.7. The van der Waals surface area contributed by atoms with E-state index in [1.165, 1.54) is 22.8 Å². The first-order chi connectivity index (χ1) is 12.2. The number of carbonyl (C=O) groups excluding carboxylic acids is 1. The molecule has 1 aromatic rings. The highest BCUT2D eigenvalue weighted by Crippen LogP contribution is 2.44. The number of likely N-dealkylation sites (tertiary alicyclic amines) is 1. The first-order valence-corrected chi connectivity index (χ1v) is 10.5. The van der Waals surface area contributed by atoms with Crippen LogP contribution in [0.5, 0.6) is 0 Å². The third-order valence-electron chi connectivity index (χ3n) is 5.44. The second kappa shape index (κ2) is 7.21. The van der Waals surface area contributed by atoms with E-state index in [0.717, 1.165) is 25.3 Å². The van der Waals surface area contributed by atoms with Crippen molar-refractivity contribution in [3.8, 4) is 0 Å². The van der Waals surface area contributed by atoms with Gasteiger partial charge in [0.25, 0.3) is 5.91 Å². The van der Waals surface area contributed by atoms with Gasteiger partial charge in [0.2, 0.25) is 16.0 Å². The maximum absolute atomic E-state index is 13.2. The lowest BCUT2D eigenvalue weighted by Crippen LogP contribution is -2.44. The summed E-state index contributed by atoms with van der Waals surface area (Å²) in [6.45, 7) is 1.89. The van der Waals surface area contributed by atoms with Crippen LogP contribution in [-0.4, -0.2) is 74.2 Å². The number of carbonyl (C=O) groups is 1. The Morgan fingerprint density at radius 1 is 1.42 bits per heavy atom. The molecular formula is C17H24FN3O4S. The summed E-state index contributed by atoms with van der Waals surface area (Å²) in [5, 5.41) is 0. The van der Waals surface area contributed by atoms with Crippen LogP contribution in [0.3, 0.4) is 0 Å². The van der Waals surface area contributed by atoms with Crippen LogP contribution in [0, 0.1) is 11.4 Å². The molecule has 3 heterocycles. The van der Waals surface area contributed by atoms with E-state index < -0.39 is 16.0 Å². The van der Waals surface area contributed by atoms with Crippen molar-refractivity contribution in [3.05, 3.63) is 29.8 Å². The maximum atomic E-state index is 13.2. The van der Waals surface area contributed by atoms with Gasteiger partial charge >= 0.3 is 0 Å². The monoisotopic (exact) mass is 385 g/mol. The van der Waals surface area contributed by atoms with Gasteiger partial charge in [-0.2, -0.15) is 8.70 Å². The fourth-order valence-corrected chi connectivity index (χ4v) is 5.30. The normalized spacial score (nSPS) is 23.5. The third-order valence-corrected chi connectivity index (χ3v) is 6.72. The van der Waals surface area contributed by atoms with Crippen molar-refractivity contribution in [1.82, 2.24) is 14.2 Å². The van der Waals surface area contributed by atoms with E-state index in [1.54, 1.807) is 12.0 Å². The average molecular weight is 385 g/mol. The van der Waals surface area contributed by atoms with Crippen LogP contribution in [0.2, 0.25) is 0 Å². The molecule has 0 N–H and O–H groups in total. The standard InChI is InChI=1S/C17H24FN3O4S/c1-25-11-14-10-17(12-21(14)26(2,23)24)4-7-20(8-5-17)16(22)13-3-6-19-15(18)9-13/h3,6,9,14H,4-5,7-8,10-12H2,1-2H3. The Hall–Kier alpha value is -1.58. The van der Waals surface area contributed by atoms with Crippen molar-refractivity contribution >= 4 is 15.9 Å². The Bertz CT molecular complexity index is 778. The predicted octanol–water partition coefficient (Wildman–Crippen LogP) is 1.12. The van der Waals surface area contributed by atoms with E-state index in [2.05, 4.69) is 4.98 Å². The van der Waals surface area contributed by atoms with E-state index in [9.17, 15) is 17.6 Å². The summed E-state index contributed by atoms with van der Waals surface area (Å²) < 4.78 is 44.2. The van der Waals surface area contributed by atoms with Crippen molar-refractivity contribution < 1.29 is 22.3 Å². The molecule has 7 nitrogen and oxygen atoms in total. The Kier molecular flexibility index (Phi) is 5.32. The van der Waals surface area contributed by atoms with E-state index >= 15 is 0 Å². The minimum absolute atomic E-state index is 0.132. The Morgan fingerprint density at radius 3 is 2.69 bits per heavy atom. The highest BCUT2D eigenvalue weighted by molar-refractivity contribution is 7.88. The van der Waals surface area contributed by atoms with Crippen molar-refractivity contribution in [3.63, 3.8) is 0 Å².